The number of nitrogens with zero attached hydrogens (tertiary/aromatic N) is 1. The zero-order valence-electron chi connectivity index (χ0n) is 10.3. The summed E-state index contributed by atoms with van der Waals surface area (Å²) in [5.41, 5.74) is 6.40. The fourth-order valence-electron chi connectivity index (χ4n) is 3.18. The van der Waals surface area contributed by atoms with E-state index in [9.17, 15) is 0 Å². The normalized spacial score (nSPS) is 37.0. The van der Waals surface area contributed by atoms with Crippen LogP contribution in [0.15, 0.2) is 0 Å². The average Bonchev–Trinajstić information content (AvgIpc) is 2.50. The van der Waals surface area contributed by atoms with E-state index >= 15 is 0 Å². The van der Waals surface area contributed by atoms with Crippen LogP contribution in [0.3, 0.4) is 0 Å². The van der Waals surface area contributed by atoms with Gasteiger partial charge in [0, 0.05) is 18.1 Å². The first-order valence-corrected chi connectivity index (χ1v) is 6.58. The van der Waals surface area contributed by atoms with Gasteiger partial charge in [0.2, 0.25) is 0 Å². The van der Waals surface area contributed by atoms with E-state index in [1.807, 2.05) is 0 Å². The monoisotopic (exact) mass is 210 g/mol. The summed E-state index contributed by atoms with van der Waals surface area (Å²) >= 11 is 0. The summed E-state index contributed by atoms with van der Waals surface area (Å²) in [5.74, 6) is 0.919. The third-order valence-electron chi connectivity index (χ3n) is 4.44. The van der Waals surface area contributed by atoms with Crippen molar-refractivity contribution in [1.82, 2.24) is 4.90 Å². The van der Waals surface area contributed by atoms with Crippen LogP contribution in [0.2, 0.25) is 0 Å². The van der Waals surface area contributed by atoms with E-state index < -0.39 is 0 Å². The minimum absolute atomic E-state index is 0.458. The van der Waals surface area contributed by atoms with E-state index in [0.717, 1.165) is 5.92 Å². The SMILES string of the molecule is CC1(C)CCCN1CC1CCC(N)CC1. The molecule has 1 saturated heterocycles. The molecule has 0 amide bonds. The first-order valence-electron chi connectivity index (χ1n) is 6.58. The molecule has 88 valence electrons. The molecule has 2 heteroatoms. The highest BCUT2D eigenvalue weighted by atomic mass is 15.2. The molecule has 0 bridgehead atoms. The molecule has 1 heterocycles. The van der Waals surface area contributed by atoms with Gasteiger partial charge in [-0.2, -0.15) is 0 Å². The molecule has 0 aromatic heterocycles. The third-order valence-corrected chi connectivity index (χ3v) is 4.44. The summed E-state index contributed by atoms with van der Waals surface area (Å²) in [6.07, 6.45) is 7.97. The molecule has 0 radical (unpaired) electrons. The van der Waals surface area contributed by atoms with Crippen LogP contribution in [0, 0.1) is 5.92 Å². The Hall–Kier alpha value is -0.0800. The predicted molar refractivity (Wildman–Crippen MR) is 64.8 cm³/mol. The molecule has 0 aromatic rings. The summed E-state index contributed by atoms with van der Waals surface area (Å²) in [6, 6.07) is 0.493. The second kappa shape index (κ2) is 4.42. The van der Waals surface area contributed by atoms with Crippen LogP contribution >= 0.6 is 0 Å². The van der Waals surface area contributed by atoms with Crippen molar-refractivity contribution in [2.75, 3.05) is 13.1 Å². The number of hydrogen-bond donors (Lipinski definition) is 1. The number of rotatable bonds is 2. The van der Waals surface area contributed by atoms with E-state index in [4.69, 9.17) is 5.73 Å². The Labute approximate surface area is 94.2 Å². The van der Waals surface area contributed by atoms with Gasteiger partial charge in [-0.25, -0.2) is 0 Å². The first-order chi connectivity index (χ1) is 7.08. The van der Waals surface area contributed by atoms with Gasteiger partial charge in [-0.3, -0.25) is 4.90 Å². The van der Waals surface area contributed by atoms with E-state index in [2.05, 4.69) is 18.7 Å². The highest BCUT2D eigenvalue weighted by Gasteiger charge is 2.33. The lowest BCUT2D eigenvalue weighted by Crippen LogP contribution is -2.42. The molecule has 0 aromatic carbocycles. The van der Waals surface area contributed by atoms with Crippen LogP contribution in [0.25, 0.3) is 0 Å². The Morgan fingerprint density at radius 1 is 1.20 bits per heavy atom. The van der Waals surface area contributed by atoms with Gasteiger partial charge in [-0.05, 0) is 64.8 Å². The fraction of sp³-hybridized carbons (Fsp3) is 1.00. The Morgan fingerprint density at radius 2 is 1.87 bits per heavy atom. The maximum Gasteiger partial charge on any atom is 0.0153 e. The van der Waals surface area contributed by atoms with Crippen LogP contribution in [-0.2, 0) is 0 Å². The molecule has 0 atom stereocenters. The molecule has 2 aliphatic rings. The van der Waals surface area contributed by atoms with Crippen LogP contribution in [-0.4, -0.2) is 29.6 Å². The predicted octanol–water partition coefficient (Wildman–Crippen LogP) is 2.38. The van der Waals surface area contributed by atoms with Crippen LogP contribution in [0.1, 0.15) is 52.4 Å². The van der Waals surface area contributed by atoms with Gasteiger partial charge in [0.25, 0.3) is 0 Å². The third kappa shape index (κ3) is 2.73. The average molecular weight is 210 g/mol. The van der Waals surface area contributed by atoms with Gasteiger partial charge >= 0.3 is 0 Å². The van der Waals surface area contributed by atoms with E-state index in [0.29, 0.717) is 11.6 Å². The maximum atomic E-state index is 5.94. The molecule has 1 saturated carbocycles. The summed E-state index contributed by atoms with van der Waals surface area (Å²) in [7, 11) is 0. The Morgan fingerprint density at radius 3 is 2.40 bits per heavy atom. The lowest BCUT2D eigenvalue weighted by molar-refractivity contribution is 0.130. The molecule has 2 fully saturated rings. The second-order valence-corrected chi connectivity index (χ2v) is 6.14. The van der Waals surface area contributed by atoms with Crippen molar-refractivity contribution in [3.63, 3.8) is 0 Å². The minimum Gasteiger partial charge on any atom is -0.328 e. The van der Waals surface area contributed by atoms with Crippen molar-refractivity contribution in [1.29, 1.82) is 0 Å². The summed E-state index contributed by atoms with van der Waals surface area (Å²) in [6.45, 7) is 7.43. The number of nitrogens with two attached hydrogens (primary N) is 1. The van der Waals surface area contributed by atoms with Crippen LogP contribution < -0.4 is 5.73 Å². The molecule has 0 spiro atoms. The summed E-state index contributed by atoms with van der Waals surface area (Å²) in [4.78, 5) is 2.70. The number of hydrogen-bond acceptors (Lipinski definition) is 2. The van der Waals surface area contributed by atoms with Crippen LogP contribution in [0.4, 0.5) is 0 Å². The van der Waals surface area contributed by atoms with Gasteiger partial charge in [0.05, 0.1) is 0 Å². The zero-order valence-corrected chi connectivity index (χ0v) is 10.3. The van der Waals surface area contributed by atoms with Crippen molar-refractivity contribution < 1.29 is 0 Å². The topological polar surface area (TPSA) is 29.3 Å². The van der Waals surface area contributed by atoms with Crippen molar-refractivity contribution in [2.45, 2.75) is 64.0 Å². The van der Waals surface area contributed by atoms with Gasteiger partial charge in [0.15, 0.2) is 0 Å². The summed E-state index contributed by atoms with van der Waals surface area (Å²) in [5, 5.41) is 0. The highest BCUT2D eigenvalue weighted by Crippen LogP contribution is 2.32. The standard InChI is InChI=1S/C13H26N2/c1-13(2)8-3-9-15(13)10-11-4-6-12(14)7-5-11/h11-12H,3-10,14H2,1-2H3. The Bertz CT molecular complexity index is 205. The lowest BCUT2D eigenvalue weighted by atomic mass is 9.85. The zero-order chi connectivity index (χ0) is 10.9. The molecule has 15 heavy (non-hydrogen) atoms. The maximum absolute atomic E-state index is 5.94. The lowest BCUT2D eigenvalue weighted by Gasteiger charge is -2.36. The van der Waals surface area contributed by atoms with Crippen molar-refractivity contribution in [3.8, 4) is 0 Å². The quantitative estimate of drug-likeness (QED) is 0.758. The van der Waals surface area contributed by atoms with Crippen molar-refractivity contribution >= 4 is 0 Å². The molecular formula is C13H26N2. The van der Waals surface area contributed by atoms with E-state index in [1.165, 1.54) is 51.6 Å². The molecule has 0 unspecified atom stereocenters. The van der Waals surface area contributed by atoms with E-state index in [1.54, 1.807) is 0 Å². The minimum atomic E-state index is 0.458. The fourth-order valence-corrected chi connectivity index (χ4v) is 3.18. The molecule has 1 aliphatic carbocycles. The second-order valence-electron chi connectivity index (χ2n) is 6.14. The van der Waals surface area contributed by atoms with Gasteiger partial charge in [0.1, 0.15) is 0 Å². The van der Waals surface area contributed by atoms with Gasteiger partial charge in [-0.1, -0.05) is 0 Å². The van der Waals surface area contributed by atoms with Crippen LogP contribution in [0.5, 0.6) is 0 Å². The Kier molecular flexibility index (Phi) is 3.36. The molecule has 2 rings (SSSR count). The molecular weight excluding hydrogens is 184 g/mol. The first kappa shape index (κ1) is 11.4. The van der Waals surface area contributed by atoms with Crippen molar-refractivity contribution in [3.05, 3.63) is 0 Å². The smallest absolute Gasteiger partial charge is 0.0153 e. The van der Waals surface area contributed by atoms with Gasteiger partial charge < -0.3 is 5.73 Å². The number of likely N-dealkylation sites (tertiary alicyclic amines) is 1. The Balaban J connectivity index is 1.81. The summed E-state index contributed by atoms with van der Waals surface area (Å²) < 4.78 is 0. The largest absolute Gasteiger partial charge is 0.328 e. The molecule has 2 nitrogen and oxygen atoms in total. The highest BCUT2D eigenvalue weighted by molar-refractivity contribution is 4.89. The van der Waals surface area contributed by atoms with Crippen molar-refractivity contribution in [2.24, 2.45) is 11.7 Å². The molecule has 1 aliphatic heterocycles. The van der Waals surface area contributed by atoms with E-state index in [-0.39, 0.29) is 0 Å². The molecule has 2 N–H and O–H groups in total. The van der Waals surface area contributed by atoms with Gasteiger partial charge in [-0.15, -0.1) is 0 Å².